The van der Waals surface area contributed by atoms with E-state index in [0.717, 1.165) is 12.0 Å². The Labute approximate surface area is 70.0 Å². The molecule has 4 heteroatoms. The molecule has 0 saturated carbocycles. The minimum atomic E-state index is 0.115. The largest absolute Gasteiger partial charge is 0.349 e. The Morgan fingerprint density at radius 2 is 2.17 bits per heavy atom. The summed E-state index contributed by atoms with van der Waals surface area (Å²) in [5.74, 6) is 0.115. The summed E-state index contributed by atoms with van der Waals surface area (Å²) in [5.41, 5.74) is 0.989. The standard InChI is InChI=1S/C8H9N3O/c12-8-2-1-7(11-8)6-3-9-5-10-4-6/h3-5,7H,1-2H2,(H,11,12). The Hall–Kier alpha value is -1.45. The van der Waals surface area contributed by atoms with Crippen molar-refractivity contribution in [2.24, 2.45) is 0 Å². The molecule has 1 atom stereocenters. The van der Waals surface area contributed by atoms with Crippen LogP contribution >= 0.6 is 0 Å². The lowest BCUT2D eigenvalue weighted by molar-refractivity contribution is -0.119. The van der Waals surface area contributed by atoms with Crippen LogP contribution in [0.2, 0.25) is 0 Å². The van der Waals surface area contributed by atoms with E-state index in [1.54, 1.807) is 12.4 Å². The van der Waals surface area contributed by atoms with Crippen LogP contribution in [0.5, 0.6) is 0 Å². The zero-order chi connectivity index (χ0) is 8.39. The molecule has 12 heavy (non-hydrogen) atoms. The summed E-state index contributed by atoms with van der Waals surface area (Å²) >= 11 is 0. The molecule has 0 aromatic carbocycles. The first-order valence-corrected chi connectivity index (χ1v) is 3.90. The molecule has 0 bridgehead atoms. The molecule has 1 aromatic heterocycles. The van der Waals surface area contributed by atoms with Crippen LogP contribution in [0.4, 0.5) is 0 Å². The predicted octanol–water partition coefficient (Wildman–Crippen LogP) is 0.428. The molecule has 0 aliphatic carbocycles. The smallest absolute Gasteiger partial charge is 0.220 e. The Morgan fingerprint density at radius 1 is 1.42 bits per heavy atom. The van der Waals surface area contributed by atoms with Crippen LogP contribution in [-0.2, 0) is 4.79 Å². The molecule has 1 unspecified atom stereocenters. The summed E-state index contributed by atoms with van der Waals surface area (Å²) in [6.07, 6.45) is 6.43. The van der Waals surface area contributed by atoms with Gasteiger partial charge in [-0.05, 0) is 6.42 Å². The van der Waals surface area contributed by atoms with Crippen molar-refractivity contribution in [3.05, 3.63) is 24.3 Å². The summed E-state index contributed by atoms with van der Waals surface area (Å²) in [4.78, 5) is 18.7. The van der Waals surface area contributed by atoms with Crippen LogP contribution in [0.15, 0.2) is 18.7 Å². The minimum absolute atomic E-state index is 0.115. The summed E-state index contributed by atoms with van der Waals surface area (Å²) in [6.45, 7) is 0. The van der Waals surface area contributed by atoms with Gasteiger partial charge in [0.15, 0.2) is 0 Å². The molecule has 1 fully saturated rings. The Balaban J connectivity index is 2.16. The van der Waals surface area contributed by atoms with Crippen LogP contribution in [0, 0.1) is 0 Å². The van der Waals surface area contributed by atoms with Crippen molar-refractivity contribution >= 4 is 5.91 Å². The molecule has 62 valence electrons. The number of amides is 1. The average Bonchev–Trinajstić information content (AvgIpc) is 2.54. The van der Waals surface area contributed by atoms with Gasteiger partial charge >= 0.3 is 0 Å². The summed E-state index contributed by atoms with van der Waals surface area (Å²) < 4.78 is 0. The van der Waals surface area contributed by atoms with Crippen LogP contribution in [0.3, 0.4) is 0 Å². The number of hydrogen-bond donors (Lipinski definition) is 1. The topological polar surface area (TPSA) is 54.9 Å². The fourth-order valence-corrected chi connectivity index (χ4v) is 1.35. The van der Waals surface area contributed by atoms with Crippen molar-refractivity contribution in [1.29, 1.82) is 0 Å². The molecule has 1 aliphatic heterocycles. The third-order valence-corrected chi connectivity index (χ3v) is 1.98. The number of carbonyl (C=O) groups is 1. The van der Waals surface area contributed by atoms with Crippen molar-refractivity contribution in [2.75, 3.05) is 0 Å². The van der Waals surface area contributed by atoms with Crippen molar-refractivity contribution in [3.8, 4) is 0 Å². The van der Waals surface area contributed by atoms with Gasteiger partial charge in [-0.1, -0.05) is 0 Å². The van der Waals surface area contributed by atoms with Gasteiger partial charge < -0.3 is 5.32 Å². The maximum Gasteiger partial charge on any atom is 0.220 e. The average molecular weight is 163 g/mol. The molecule has 1 aliphatic rings. The number of carbonyl (C=O) groups excluding carboxylic acids is 1. The van der Waals surface area contributed by atoms with Crippen LogP contribution in [0.25, 0.3) is 0 Å². The van der Waals surface area contributed by atoms with E-state index in [0.29, 0.717) is 6.42 Å². The van der Waals surface area contributed by atoms with Gasteiger partial charge in [-0.25, -0.2) is 9.97 Å². The second-order valence-corrected chi connectivity index (χ2v) is 2.83. The van der Waals surface area contributed by atoms with Crippen molar-refractivity contribution < 1.29 is 4.79 Å². The van der Waals surface area contributed by atoms with Crippen molar-refractivity contribution in [3.63, 3.8) is 0 Å². The number of nitrogens with zero attached hydrogens (tertiary/aromatic N) is 2. The molecule has 0 spiro atoms. The van der Waals surface area contributed by atoms with Crippen LogP contribution < -0.4 is 5.32 Å². The van der Waals surface area contributed by atoms with E-state index >= 15 is 0 Å². The molecule has 1 amide bonds. The lowest BCUT2D eigenvalue weighted by Gasteiger charge is -2.07. The number of nitrogens with one attached hydrogen (secondary N) is 1. The second kappa shape index (κ2) is 2.89. The highest BCUT2D eigenvalue weighted by Gasteiger charge is 2.22. The Bertz CT molecular complexity index is 286. The monoisotopic (exact) mass is 163 g/mol. The van der Waals surface area contributed by atoms with Gasteiger partial charge in [-0.15, -0.1) is 0 Å². The fraction of sp³-hybridized carbons (Fsp3) is 0.375. The van der Waals surface area contributed by atoms with Gasteiger partial charge in [-0.3, -0.25) is 4.79 Å². The van der Waals surface area contributed by atoms with Crippen molar-refractivity contribution in [1.82, 2.24) is 15.3 Å². The van der Waals surface area contributed by atoms with Gasteiger partial charge in [-0.2, -0.15) is 0 Å². The van der Waals surface area contributed by atoms with E-state index in [1.165, 1.54) is 6.33 Å². The molecule has 2 rings (SSSR count). The second-order valence-electron chi connectivity index (χ2n) is 2.83. The highest BCUT2D eigenvalue weighted by Crippen LogP contribution is 2.21. The molecule has 2 heterocycles. The Morgan fingerprint density at radius 3 is 2.75 bits per heavy atom. The third-order valence-electron chi connectivity index (χ3n) is 1.98. The van der Waals surface area contributed by atoms with E-state index in [2.05, 4.69) is 15.3 Å². The zero-order valence-electron chi connectivity index (χ0n) is 6.53. The quantitative estimate of drug-likeness (QED) is 0.653. The summed E-state index contributed by atoms with van der Waals surface area (Å²) in [6, 6.07) is 0.124. The van der Waals surface area contributed by atoms with Crippen molar-refractivity contribution in [2.45, 2.75) is 18.9 Å². The number of aromatic nitrogens is 2. The summed E-state index contributed by atoms with van der Waals surface area (Å²) in [5, 5.41) is 2.85. The lowest BCUT2D eigenvalue weighted by Crippen LogP contribution is -2.18. The molecule has 1 saturated heterocycles. The molecule has 0 radical (unpaired) electrons. The molecule has 1 aromatic rings. The normalized spacial score (nSPS) is 22.3. The van der Waals surface area contributed by atoms with Crippen LogP contribution in [-0.4, -0.2) is 15.9 Å². The maximum atomic E-state index is 10.9. The highest BCUT2D eigenvalue weighted by molar-refractivity contribution is 5.78. The molecule has 1 N–H and O–H groups in total. The first-order chi connectivity index (χ1) is 5.86. The van der Waals surface area contributed by atoms with Gasteiger partial charge in [0, 0.05) is 24.4 Å². The van der Waals surface area contributed by atoms with Gasteiger partial charge in [0.2, 0.25) is 5.91 Å². The van der Waals surface area contributed by atoms with E-state index in [9.17, 15) is 4.79 Å². The third kappa shape index (κ3) is 1.28. The minimum Gasteiger partial charge on any atom is -0.349 e. The first kappa shape index (κ1) is 7.21. The van der Waals surface area contributed by atoms with Gasteiger partial charge in [0.1, 0.15) is 6.33 Å². The predicted molar refractivity (Wildman–Crippen MR) is 42.1 cm³/mol. The molecular formula is C8H9N3O. The van der Waals surface area contributed by atoms with Gasteiger partial charge in [0.25, 0.3) is 0 Å². The number of rotatable bonds is 1. The maximum absolute atomic E-state index is 10.9. The van der Waals surface area contributed by atoms with E-state index in [-0.39, 0.29) is 11.9 Å². The first-order valence-electron chi connectivity index (χ1n) is 3.90. The lowest BCUT2D eigenvalue weighted by atomic mass is 10.1. The van der Waals surface area contributed by atoms with Gasteiger partial charge in [0.05, 0.1) is 6.04 Å². The summed E-state index contributed by atoms with van der Waals surface area (Å²) in [7, 11) is 0. The van der Waals surface area contributed by atoms with Crippen LogP contribution in [0.1, 0.15) is 24.4 Å². The van der Waals surface area contributed by atoms with E-state index in [4.69, 9.17) is 0 Å². The fourth-order valence-electron chi connectivity index (χ4n) is 1.35. The molecular weight excluding hydrogens is 154 g/mol. The molecule has 4 nitrogen and oxygen atoms in total. The highest BCUT2D eigenvalue weighted by atomic mass is 16.1. The van der Waals surface area contributed by atoms with E-state index < -0.39 is 0 Å². The zero-order valence-corrected chi connectivity index (χ0v) is 6.53. The number of hydrogen-bond acceptors (Lipinski definition) is 3. The van der Waals surface area contributed by atoms with E-state index in [1.807, 2.05) is 0 Å². The SMILES string of the molecule is O=C1CCC(c2cncnc2)N1. The Kier molecular flexibility index (Phi) is 1.74.